The van der Waals surface area contributed by atoms with Gasteiger partial charge in [0.05, 0.1) is 12.7 Å². The number of rotatable bonds is 4. The maximum atomic E-state index is 12.2. The lowest BCUT2D eigenvalue weighted by molar-refractivity contribution is -0.139. The average molecular weight is 317 g/mol. The molecule has 0 bridgehead atoms. The maximum Gasteiger partial charge on any atom is 0.411 e. The van der Waals surface area contributed by atoms with Crippen molar-refractivity contribution in [2.45, 2.75) is 44.9 Å². The minimum atomic E-state index is -4.16. The number of alkyl halides is 3. The summed E-state index contributed by atoms with van der Waals surface area (Å²) in [6.45, 7) is 1.99. The molecule has 1 aromatic rings. The Morgan fingerprint density at radius 3 is 2.91 bits per heavy atom. The molecule has 0 saturated heterocycles. The first-order valence-electron chi connectivity index (χ1n) is 7.17. The molecular weight excluding hydrogens is 299 g/mol. The zero-order valence-corrected chi connectivity index (χ0v) is 12.2. The normalized spacial score (nSPS) is 17.4. The third kappa shape index (κ3) is 4.82. The van der Waals surface area contributed by atoms with E-state index in [1.807, 2.05) is 0 Å². The van der Waals surface area contributed by atoms with E-state index in [1.54, 1.807) is 25.1 Å². The summed E-state index contributed by atoms with van der Waals surface area (Å²) in [5, 5.41) is 2.58. The van der Waals surface area contributed by atoms with Crippen LogP contribution in [0.25, 0.3) is 0 Å². The summed E-state index contributed by atoms with van der Waals surface area (Å²) in [7, 11) is 0. The summed E-state index contributed by atoms with van der Waals surface area (Å²) in [5.41, 5.74) is 1.45. The molecule has 1 atom stereocenters. The van der Waals surface area contributed by atoms with E-state index < -0.39 is 24.8 Å². The number of aryl methyl sites for hydroxylation is 1. The highest BCUT2D eigenvalue weighted by Gasteiger charge is 2.30. The number of fused-ring (bicyclic) bond motifs is 1. The summed E-state index contributed by atoms with van der Waals surface area (Å²) in [6, 6.07) is 5.06. The Morgan fingerprint density at radius 2 is 2.23 bits per heavy atom. The van der Waals surface area contributed by atoms with Crippen molar-refractivity contribution >= 4 is 11.8 Å². The Labute approximate surface area is 126 Å². The molecule has 2 rings (SSSR count). The van der Waals surface area contributed by atoms with Crippen LogP contribution in [0.4, 0.5) is 23.7 Å². The van der Waals surface area contributed by atoms with Gasteiger partial charge < -0.3 is 9.47 Å². The van der Waals surface area contributed by atoms with E-state index >= 15 is 0 Å². The van der Waals surface area contributed by atoms with Crippen molar-refractivity contribution in [3.8, 4) is 5.75 Å². The van der Waals surface area contributed by atoms with Gasteiger partial charge in [-0.3, -0.25) is 5.32 Å². The van der Waals surface area contributed by atoms with Crippen molar-refractivity contribution in [1.82, 2.24) is 0 Å². The molecule has 122 valence electrons. The third-order valence-corrected chi connectivity index (χ3v) is 3.36. The predicted molar refractivity (Wildman–Crippen MR) is 75.1 cm³/mol. The van der Waals surface area contributed by atoms with Crippen molar-refractivity contribution in [2.75, 3.05) is 11.9 Å². The molecule has 0 radical (unpaired) electrons. The first kappa shape index (κ1) is 16.5. The van der Waals surface area contributed by atoms with E-state index in [0.717, 1.165) is 5.56 Å². The lowest BCUT2D eigenvalue weighted by Crippen LogP contribution is -2.25. The van der Waals surface area contributed by atoms with Crippen molar-refractivity contribution in [3.63, 3.8) is 0 Å². The molecule has 1 heterocycles. The number of anilines is 1. The van der Waals surface area contributed by atoms with Gasteiger partial charge in [-0.25, -0.2) is 4.79 Å². The Balaban J connectivity index is 1.95. The molecule has 0 aliphatic carbocycles. The molecule has 0 unspecified atom stereocenters. The van der Waals surface area contributed by atoms with E-state index in [4.69, 9.17) is 9.47 Å². The van der Waals surface area contributed by atoms with Crippen LogP contribution in [-0.4, -0.2) is 25.0 Å². The van der Waals surface area contributed by atoms with Crippen LogP contribution in [0.1, 0.15) is 31.7 Å². The molecule has 0 spiro atoms. The van der Waals surface area contributed by atoms with E-state index in [-0.39, 0.29) is 13.0 Å². The second kappa shape index (κ2) is 6.89. The lowest BCUT2D eigenvalue weighted by atomic mass is 9.99. The van der Waals surface area contributed by atoms with Crippen LogP contribution in [-0.2, 0) is 11.2 Å². The molecule has 1 N–H and O–H groups in total. The summed E-state index contributed by atoms with van der Waals surface area (Å²) >= 11 is 0. The van der Waals surface area contributed by atoms with Gasteiger partial charge in [-0.1, -0.05) is 0 Å². The van der Waals surface area contributed by atoms with E-state index in [0.29, 0.717) is 24.3 Å². The van der Waals surface area contributed by atoms with Crippen LogP contribution in [0.2, 0.25) is 0 Å². The predicted octanol–water partition coefficient (Wildman–Crippen LogP) is 4.29. The summed E-state index contributed by atoms with van der Waals surface area (Å²) < 4.78 is 47.1. The van der Waals surface area contributed by atoms with Crippen molar-refractivity contribution in [1.29, 1.82) is 0 Å². The third-order valence-electron chi connectivity index (χ3n) is 3.36. The second-order valence-electron chi connectivity index (χ2n) is 5.10. The number of carbonyl (C=O) groups excluding carboxylic acids is 1. The van der Waals surface area contributed by atoms with Crippen LogP contribution < -0.4 is 10.1 Å². The van der Waals surface area contributed by atoms with E-state index in [1.165, 1.54) is 0 Å². The Morgan fingerprint density at radius 1 is 1.45 bits per heavy atom. The number of hydrogen-bond donors (Lipinski definition) is 1. The number of amides is 1. The van der Waals surface area contributed by atoms with Gasteiger partial charge >= 0.3 is 12.3 Å². The largest absolute Gasteiger partial charge is 0.490 e. The van der Waals surface area contributed by atoms with Gasteiger partial charge in [0.1, 0.15) is 5.75 Å². The number of hydrogen-bond acceptors (Lipinski definition) is 3. The Hall–Kier alpha value is -1.92. The van der Waals surface area contributed by atoms with Gasteiger partial charge in [0.15, 0.2) is 0 Å². The van der Waals surface area contributed by atoms with Crippen LogP contribution in [0.3, 0.4) is 0 Å². The van der Waals surface area contributed by atoms with Gasteiger partial charge in [-0.15, -0.1) is 0 Å². The minimum absolute atomic E-state index is 0.0359. The first-order valence-corrected chi connectivity index (χ1v) is 7.17. The number of ether oxygens (including phenoxy) is 2. The number of benzene rings is 1. The smallest absolute Gasteiger partial charge is 0.411 e. The van der Waals surface area contributed by atoms with Crippen molar-refractivity contribution in [3.05, 3.63) is 23.8 Å². The quantitative estimate of drug-likeness (QED) is 0.901. The Bertz CT molecular complexity index is 531. The molecule has 0 aromatic heterocycles. The Kier molecular flexibility index (Phi) is 5.15. The highest BCUT2D eigenvalue weighted by Crippen LogP contribution is 2.33. The molecule has 0 fully saturated rings. The van der Waals surface area contributed by atoms with Crippen LogP contribution in [0, 0.1) is 0 Å². The van der Waals surface area contributed by atoms with Crippen LogP contribution in [0.5, 0.6) is 5.75 Å². The number of halogens is 3. The maximum absolute atomic E-state index is 12.2. The molecule has 1 aromatic carbocycles. The fourth-order valence-corrected chi connectivity index (χ4v) is 2.34. The standard InChI is InChI=1S/C15H18F3NO3/c1-2-21-14(20)19-11-4-6-13-10(9-11)3-5-12(22-13)7-8-15(16,17)18/h4,6,9,12H,2-3,5,7-8H2,1H3,(H,19,20)/t12-/m1/s1. The lowest BCUT2D eigenvalue weighted by Gasteiger charge is -2.26. The highest BCUT2D eigenvalue weighted by atomic mass is 19.4. The molecule has 1 aliphatic heterocycles. The van der Waals surface area contributed by atoms with Gasteiger partial charge in [0, 0.05) is 12.1 Å². The molecular formula is C15H18F3NO3. The van der Waals surface area contributed by atoms with E-state index in [9.17, 15) is 18.0 Å². The van der Waals surface area contributed by atoms with E-state index in [2.05, 4.69) is 5.32 Å². The molecule has 22 heavy (non-hydrogen) atoms. The molecule has 1 aliphatic rings. The van der Waals surface area contributed by atoms with Gasteiger partial charge in [-0.2, -0.15) is 13.2 Å². The summed E-state index contributed by atoms with van der Waals surface area (Å²) in [6.07, 6.45) is -4.83. The van der Waals surface area contributed by atoms with Gasteiger partial charge in [-0.05, 0) is 49.9 Å². The van der Waals surface area contributed by atoms with Crippen LogP contribution in [0.15, 0.2) is 18.2 Å². The van der Waals surface area contributed by atoms with Crippen molar-refractivity contribution < 1.29 is 27.4 Å². The van der Waals surface area contributed by atoms with Gasteiger partial charge in [0.25, 0.3) is 0 Å². The summed E-state index contributed by atoms with van der Waals surface area (Å²) in [4.78, 5) is 11.3. The number of nitrogens with one attached hydrogen (secondary N) is 1. The second-order valence-corrected chi connectivity index (χ2v) is 5.10. The average Bonchev–Trinajstić information content (AvgIpc) is 2.44. The number of carbonyl (C=O) groups is 1. The summed E-state index contributed by atoms with van der Waals surface area (Å²) in [5.74, 6) is 0.577. The highest BCUT2D eigenvalue weighted by molar-refractivity contribution is 5.84. The topological polar surface area (TPSA) is 47.6 Å². The molecule has 7 heteroatoms. The minimum Gasteiger partial charge on any atom is -0.490 e. The monoisotopic (exact) mass is 317 g/mol. The van der Waals surface area contributed by atoms with Crippen LogP contribution >= 0.6 is 0 Å². The fraction of sp³-hybridized carbons (Fsp3) is 0.533. The molecule has 0 saturated carbocycles. The fourth-order valence-electron chi connectivity index (χ4n) is 2.34. The van der Waals surface area contributed by atoms with Crippen molar-refractivity contribution in [2.24, 2.45) is 0 Å². The first-order chi connectivity index (χ1) is 10.4. The molecule has 1 amide bonds. The molecule has 4 nitrogen and oxygen atoms in total. The zero-order chi connectivity index (χ0) is 16.2. The SMILES string of the molecule is CCOC(=O)Nc1ccc2c(c1)CC[C@H](CCC(F)(F)F)O2. The zero-order valence-electron chi connectivity index (χ0n) is 12.2. The van der Waals surface area contributed by atoms with Gasteiger partial charge in [0.2, 0.25) is 0 Å².